The largest absolute Gasteiger partial charge is 0.497 e. The highest BCUT2D eigenvalue weighted by Gasteiger charge is 2.28. The zero-order valence-electron chi connectivity index (χ0n) is 16.7. The van der Waals surface area contributed by atoms with Gasteiger partial charge in [0.15, 0.2) is 5.13 Å². The Morgan fingerprint density at radius 2 is 2.00 bits per heavy atom. The second-order valence-electron chi connectivity index (χ2n) is 7.17. The van der Waals surface area contributed by atoms with Crippen LogP contribution in [0.3, 0.4) is 0 Å². The van der Waals surface area contributed by atoms with Crippen molar-refractivity contribution in [2.24, 2.45) is 0 Å². The van der Waals surface area contributed by atoms with E-state index in [0.717, 1.165) is 36.3 Å². The minimum atomic E-state index is -0.212. The molecule has 2 amide bonds. The van der Waals surface area contributed by atoms with Crippen molar-refractivity contribution in [3.8, 4) is 5.75 Å². The molecular formula is C21H27N3O3S. The Labute approximate surface area is 169 Å². The third kappa shape index (κ3) is 4.90. The number of benzene rings is 1. The number of methoxy groups -OCH3 is 1. The lowest BCUT2D eigenvalue weighted by Gasteiger charge is -2.34. The molecule has 1 N–H and O–H groups in total. The van der Waals surface area contributed by atoms with E-state index in [-0.39, 0.29) is 24.4 Å². The van der Waals surface area contributed by atoms with Gasteiger partial charge in [-0.2, -0.15) is 0 Å². The number of nitrogens with one attached hydrogen (secondary N) is 1. The number of amides is 2. The van der Waals surface area contributed by atoms with E-state index in [2.05, 4.69) is 10.3 Å². The predicted molar refractivity (Wildman–Crippen MR) is 111 cm³/mol. The highest BCUT2D eigenvalue weighted by Crippen LogP contribution is 2.26. The van der Waals surface area contributed by atoms with E-state index in [9.17, 15) is 9.59 Å². The first-order chi connectivity index (χ1) is 13.5. The summed E-state index contributed by atoms with van der Waals surface area (Å²) < 4.78 is 5.25. The van der Waals surface area contributed by atoms with Gasteiger partial charge < -0.3 is 15.0 Å². The number of aromatic nitrogens is 1. The number of aryl methyl sites for hydroxylation is 2. The number of nitrogens with zero attached hydrogens (tertiary/aromatic N) is 2. The minimum Gasteiger partial charge on any atom is -0.497 e. The van der Waals surface area contributed by atoms with E-state index >= 15 is 0 Å². The van der Waals surface area contributed by atoms with E-state index in [1.54, 1.807) is 30.2 Å². The molecule has 0 unspecified atom stereocenters. The molecule has 0 radical (unpaired) electrons. The maximum Gasteiger partial charge on any atom is 0.254 e. The van der Waals surface area contributed by atoms with Gasteiger partial charge in [-0.05, 0) is 44.9 Å². The molecule has 1 aliphatic carbocycles. The summed E-state index contributed by atoms with van der Waals surface area (Å²) in [7, 11) is 1.58. The monoisotopic (exact) mass is 401 g/mol. The highest BCUT2D eigenvalue weighted by atomic mass is 32.1. The van der Waals surface area contributed by atoms with Crippen molar-refractivity contribution in [1.29, 1.82) is 0 Å². The van der Waals surface area contributed by atoms with E-state index in [1.165, 1.54) is 17.8 Å². The number of rotatable bonds is 6. The van der Waals surface area contributed by atoms with E-state index in [1.807, 2.05) is 19.9 Å². The summed E-state index contributed by atoms with van der Waals surface area (Å²) in [6.07, 6.45) is 5.20. The Kier molecular flexibility index (Phi) is 6.67. The summed E-state index contributed by atoms with van der Waals surface area (Å²) >= 11 is 1.45. The summed E-state index contributed by atoms with van der Waals surface area (Å²) in [5.41, 5.74) is 1.45. The van der Waals surface area contributed by atoms with Crippen LogP contribution in [0, 0.1) is 13.8 Å². The third-order valence-corrected chi connectivity index (χ3v) is 6.17. The van der Waals surface area contributed by atoms with Crippen molar-refractivity contribution in [3.63, 3.8) is 0 Å². The Morgan fingerprint density at radius 1 is 1.25 bits per heavy atom. The molecule has 0 bridgehead atoms. The molecular weight excluding hydrogens is 374 g/mol. The molecule has 0 saturated heterocycles. The van der Waals surface area contributed by atoms with Gasteiger partial charge in [0.2, 0.25) is 5.91 Å². The molecule has 3 rings (SSSR count). The van der Waals surface area contributed by atoms with Gasteiger partial charge in [0, 0.05) is 16.5 Å². The van der Waals surface area contributed by atoms with Gasteiger partial charge in [-0.25, -0.2) is 4.98 Å². The average molecular weight is 402 g/mol. The Bertz CT molecular complexity index is 824. The maximum atomic E-state index is 13.2. The first kappa shape index (κ1) is 20.3. The van der Waals surface area contributed by atoms with Gasteiger partial charge in [-0.15, -0.1) is 11.3 Å². The van der Waals surface area contributed by atoms with Crippen LogP contribution in [0.2, 0.25) is 0 Å². The van der Waals surface area contributed by atoms with E-state index in [0.29, 0.717) is 16.4 Å². The molecule has 1 aromatic heterocycles. The van der Waals surface area contributed by atoms with Crippen LogP contribution in [-0.2, 0) is 4.79 Å². The van der Waals surface area contributed by atoms with Crippen LogP contribution < -0.4 is 10.1 Å². The van der Waals surface area contributed by atoms with Crippen molar-refractivity contribution in [2.75, 3.05) is 19.0 Å². The van der Waals surface area contributed by atoms with Crippen molar-refractivity contribution in [1.82, 2.24) is 9.88 Å². The van der Waals surface area contributed by atoms with Crippen molar-refractivity contribution in [2.45, 2.75) is 52.0 Å². The van der Waals surface area contributed by atoms with Gasteiger partial charge in [-0.1, -0.05) is 25.3 Å². The number of hydrogen-bond acceptors (Lipinski definition) is 5. The van der Waals surface area contributed by atoms with Gasteiger partial charge in [0.05, 0.1) is 12.8 Å². The maximum absolute atomic E-state index is 13.2. The molecule has 0 spiro atoms. The second kappa shape index (κ2) is 9.19. The van der Waals surface area contributed by atoms with Crippen LogP contribution in [0.15, 0.2) is 24.3 Å². The Hall–Kier alpha value is -2.41. The number of hydrogen-bond donors (Lipinski definition) is 1. The molecule has 1 fully saturated rings. The van der Waals surface area contributed by atoms with Gasteiger partial charge in [0.1, 0.15) is 12.3 Å². The van der Waals surface area contributed by atoms with Crippen LogP contribution in [0.25, 0.3) is 0 Å². The fourth-order valence-electron chi connectivity index (χ4n) is 3.52. The summed E-state index contributed by atoms with van der Waals surface area (Å²) in [4.78, 5) is 33.1. The minimum absolute atomic E-state index is 0.0262. The normalized spacial score (nSPS) is 14.5. The SMILES string of the molecule is COc1cccc(C(=O)N(CC(=O)Nc2nc(C)c(C)s2)C2CCCCC2)c1. The molecule has 150 valence electrons. The lowest BCUT2D eigenvalue weighted by molar-refractivity contribution is -0.117. The smallest absolute Gasteiger partial charge is 0.254 e. The zero-order chi connectivity index (χ0) is 20.1. The molecule has 7 heteroatoms. The zero-order valence-corrected chi connectivity index (χ0v) is 17.5. The van der Waals surface area contributed by atoms with Gasteiger partial charge >= 0.3 is 0 Å². The molecule has 28 heavy (non-hydrogen) atoms. The lowest BCUT2D eigenvalue weighted by Crippen LogP contribution is -2.45. The first-order valence-electron chi connectivity index (χ1n) is 9.67. The number of ether oxygens (including phenoxy) is 1. The predicted octanol–water partition coefficient (Wildman–Crippen LogP) is 4.18. The molecule has 0 atom stereocenters. The molecule has 2 aromatic rings. The Morgan fingerprint density at radius 3 is 2.64 bits per heavy atom. The average Bonchev–Trinajstić information content (AvgIpc) is 3.03. The summed E-state index contributed by atoms with van der Waals surface area (Å²) in [5, 5.41) is 3.43. The Balaban J connectivity index is 1.77. The van der Waals surface area contributed by atoms with Crippen LogP contribution >= 0.6 is 11.3 Å². The summed E-state index contributed by atoms with van der Waals surface area (Å²) in [5.74, 6) is 0.288. The standard InChI is InChI=1S/C21H27N3O3S/c1-14-15(2)28-21(22-14)23-19(25)13-24(17-9-5-4-6-10-17)20(26)16-8-7-11-18(12-16)27-3/h7-8,11-12,17H,4-6,9-10,13H2,1-3H3,(H,22,23,25). The molecule has 6 nitrogen and oxygen atoms in total. The molecule has 1 saturated carbocycles. The highest BCUT2D eigenvalue weighted by molar-refractivity contribution is 7.15. The molecule has 1 heterocycles. The number of carbonyl (C=O) groups excluding carboxylic acids is 2. The van der Waals surface area contributed by atoms with E-state index < -0.39 is 0 Å². The molecule has 1 aliphatic rings. The van der Waals surface area contributed by atoms with Crippen LogP contribution in [0.1, 0.15) is 53.0 Å². The molecule has 0 aliphatic heterocycles. The van der Waals surface area contributed by atoms with E-state index in [4.69, 9.17) is 4.74 Å². The number of thiazole rings is 1. The lowest BCUT2D eigenvalue weighted by atomic mass is 9.93. The fourth-order valence-corrected chi connectivity index (χ4v) is 4.35. The second-order valence-corrected chi connectivity index (χ2v) is 8.37. The number of anilines is 1. The van der Waals surface area contributed by atoms with Crippen LogP contribution in [0.4, 0.5) is 5.13 Å². The van der Waals surface area contributed by atoms with Crippen molar-refractivity contribution < 1.29 is 14.3 Å². The van der Waals surface area contributed by atoms with Crippen LogP contribution in [0.5, 0.6) is 5.75 Å². The van der Waals surface area contributed by atoms with Crippen LogP contribution in [-0.4, -0.2) is 41.4 Å². The summed E-state index contributed by atoms with van der Waals surface area (Å²) in [6.45, 7) is 3.92. The quantitative estimate of drug-likeness (QED) is 0.788. The third-order valence-electron chi connectivity index (χ3n) is 5.18. The first-order valence-corrected chi connectivity index (χ1v) is 10.5. The number of carbonyl (C=O) groups is 2. The van der Waals surface area contributed by atoms with Gasteiger partial charge in [-0.3, -0.25) is 9.59 Å². The van der Waals surface area contributed by atoms with Crippen molar-refractivity contribution >= 4 is 28.3 Å². The van der Waals surface area contributed by atoms with Gasteiger partial charge in [0.25, 0.3) is 5.91 Å². The van der Waals surface area contributed by atoms with Crippen molar-refractivity contribution in [3.05, 3.63) is 40.4 Å². The fraction of sp³-hybridized carbons (Fsp3) is 0.476. The summed E-state index contributed by atoms with van der Waals surface area (Å²) in [6, 6.07) is 7.18. The topological polar surface area (TPSA) is 71.5 Å². The molecule has 1 aromatic carbocycles.